The fraction of sp³-hybridized carbons (Fsp3) is 0.111. The number of carbonyl (C=O) groups is 1. The summed E-state index contributed by atoms with van der Waals surface area (Å²) in [5.41, 5.74) is 1.40. The molecule has 0 saturated heterocycles. The van der Waals surface area contributed by atoms with Crippen LogP contribution in [0.2, 0.25) is 5.02 Å². The lowest BCUT2D eigenvalue weighted by Gasteiger charge is -2.19. The Bertz CT molecular complexity index is 888. The predicted molar refractivity (Wildman–Crippen MR) is 94.5 cm³/mol. The summed E-state index contributed by atoms with van der Waals surface area (Å²) in [5, 5.41) is 8.61. The number of thiophene rings is 1. The van der Waals surface area contributed by atoms with E-state index in [2.05, 4.69) is 5.10 Å². The van der Waals surface area contributed by atoms with E-state index in [0.717, 1.165) is 16.3 Å². The van der Waals surface area contributed by atoms with E-state index in [0.29, 0.717) is 17.0 Å². The van der Waals surface area contributed by atoms with E-state index in [1.54, 1.807) is 41.9 Å². The lowest BCUT2D eigenvalue weighted by Crippen LogP contribution is -2.26. The highest BCUT2D eigenvalue weighted by atomic mass is 35.5. The molecule has 4 nitrogen and oxygen atoms in total. The van der Waals surface area contributed by atoms with Crippen molar-refractivity contribution in [3.8, 4) is 0 Å². The smallest absolute Gasteiger partial charge is 0.274 e. The van der Waals surface area contributed by atoms with Crippen LogP contribution in [0.4, 0.5) is 0 Å². The molecule has 0 N–H and O–H groups in total. The second kappa shape index (κ2) is 6.26. The van der Waals surface area contributed by atoms with Crippen LogP contribution in [0, 0.1) is 0 Å². The van der Waals surface area contributed by atoms with Gasteiger partial charge < -0.3 is 4.42 Å². The van der Waals surface area contributed by atoms with E-state index < -0.39 is 0 Å². The molecule has 0 aliphatic carbocycles. The fourth-order valence-corrected chi connectivity index (χ4v) is 3.66. The zero-order valence-corrected chi connectivity index (χ0v) is 14.1. The Morgan fingerprint density at radius 1 is 1.25 bits per heavy atom. The molecule has 0 unspecified atom stereocenters. The molecule has 0 fully saturated rings. The van der Waals surface area contributed by atoms with Crippen molar-refractivity contribution in [1.29, 1.82) is 0 Å². The summed E-state index contributed by atoms with van der Waals surface area (Å²) < 4.78 is 5.53. The maximum atomic E-state index is 12.9. The zero-order valence-electron chi connectivity index (χ0n) is 12.6. The Morgan fingerprint density at radius 3 is 2.88 bits per heavy atom. The topological polar surface area (TPSA) is 45.8 Å². The van der Waals surface area contributed by atoms with Crippen LogP contribution in [0.15, 0.2) is 69.7 Å². The lowest BCUT2D eigenvalue weighted by molar-refractivity contribution is 0.0693. The third-order valence-corrected chi connectivity index (χ3v) is 5.02. The van der Waals surface area contributed by atoms with E-state index in [1.807, 2.05) is 29.6 Å². The van der Waals surface area contributed by atoms with Crippen LogP contribution in [0.25, 0.3) is 0 Å². The quantitative estimate of drug-likeness (QED) is 0.664. The molecular formula is C18H13ClN2O2S. The van der Waals surface area contributed by atoms with Crippen LogP contribution in [0.3, 0.4) is 0 Å². The summed E-state index contributed by atoms with van der Waals surface area (Å²) in [4.78, 5) is 14.0. The maximum Gasteiger partial charge on any atom is 0.274 e. The zero-order chi connectivity index (χ0) is 16.5. The number of halogens is 1. The number of benzene rings is 1. The van der Waals surface area contributed by atoms with Gasteiger partial charge in [0.15, 0.2) is 0 Å². The molecule has 6 heteroatoms. The van der Waals surface area contributed by atoms with Crippen LogP contribution in [-0.4, -0.2) is 16.6 Å². The average molecular weight is 357 g/mol. The molecule has 0 radical (unpaired) electrons. The number of hydrogen-bond donors (Lipinski definition) is 0. The number of nitrogens with zero attached hydrogens (tertiary/aromatic N) is 2. The Hall–Kier alpha value is -2.37. The number of amides is 1. The third-order valence-electron chi connectivity index (χ3n) is 3.87. The van der Waals surface area contributed by atoms with Gasteiger partial charge in [-0.1, -0.05) is 23.7 Å². The van der Waals surface area contributed by atoms with Gasteiger partial charge in [0, 0.05) is 17.0 Å². The van der Waals surface area contributed by atoms with Gasteiger partial charge in [-0.05, 0) is 41.8 Å². The van der Waals surface area contributed by atoms with Gasteiger partial charge in [-0.3, -0.25) is 4.79 Å². The molecule has 120 valence electrons. The van der Waals surface area contributed by atoms with Gasteiger partial charge in [0.25, 0.3) is 5.91 Å². The number of carbonyl (C=O) groups excluding carboxylic acids is 1. The summed E-state index contributed by atoms with van der Waals surface area (Å²) in [6.45, 7) is 0. The standard InChI is InChI=1S/C18H13ClN2O2S/c19-13-5-1-4-12(10-13)18(22)21-15(16-6-2-8-23-16)11-14(20-21)17-7-3-9-24-17/h1-10,15H,11H2/t15-/m1/s1. The molecule has 0 saturated carbocycles. The van der Waals surface area contributed by atoms with Crippen LogP contribution in [0.5, 0.6) is 0 Å². The van der Waals surface area contributed by atoms with Gasteiger partial charge in [0.2, 0.25) is 0 Å². The lowest BCUT2D eigenvalue weighted by atomic mass is 10.1. The predicted octanol–water partition coefficient (Wildman–Crippen LogP) is 4.99. The Kier molecular flexibility index (Phi) is 3.96. The molecule has 1 aromatic carbocycles. The minimum Gasteiger partial charge on any atom is -0.467 e. The fourth-order valence-electron chi connectivity index (χ4n) is 2.75. The molecule has 24 heavy (non-hydrogen) atoms. The van der Waals surface area contributed by atoms with E-state index in [-0.39, 0.29) is 11.9 Å². The van der Waals surface area contributed by atoms with Crippen molar-refractivity contribution in [3.05, 3.63) is 81.4 Å². The van der Waals surface area contributed by atoms with Crippen molar-refractivity contribution in [2.45, 2.75) is 12.5 Å². The van der Waals surface area contributed by atoms with Crippen molar-refractivity contribution in [2.75, 3.05) is 0 Å². The van der Waals surface area contributed by atoms with Gasteiger partial charge in [-0.15, -0.1) is 11.3 Å². The second-order valence-electron chi connectivity index (χ2n) is 5.42. The molecule has 1 amide bonds. The highest BCUT2D eigenvalue weighted by Crippen LogP contribution is 2.35. The Labute approximate surface area is 148 Å². The molecule has 3 aromatic rings. The molecule has 2 aromatic heterocycles. The highest BCUT2D eigenvalue weighted by Gasteiger charge is 2.35. The first-order valence-corrected chi connectivity index (χ1v) is 8.72. The van der Waals surface area contributed by atoms with Crippen molar-refractivity contribution >= 4 is 34.6 Å². The molecular weight excluding hydrogens is 344 g/mol. The van der Waals surface area contributed by atoms with Crippen molar-refractivity contribution in [3.63, 3.8) is 0 Å². The molecule has 0 spiro atoms. The number of rotatable bonds is 3. The largest absolute Gasteiger partial charge is 0.467 e. The van der Waals surface area contributed by atoms with Crippen molar-refractivity contribution in [1.82, 2.24) is 5.01 Å². The minimum absolute atomic E-state index is 0.189. The number of hydrazone groups is 1. The Balaban J connectivity index is 1.72. The molecule has 3 heterocycles. The molecule has 1 aliphatic heterocycles. The van der Waals surface area contributed by atoms with Gasteiger partial charge in [-0.25, -0.2) is 5.01 Å². The first kappa shape index (κ1) is 15.2. The summed E-state index contributed by atoms with van der Waals surface area (Å²) >= 11 is 7.63. The minimum atomic E-state index is -0.247. The molecule has 4 rings (SSSR count). The first-order chi connectivity index (χ1) is 11.7. The number of furan rings is 1. The highest BCUT2D eigenvalue weighted by molar-refractivity contribution is 7.12. The summed E-state index contributed by atoms with van der Waals surface area (Å²) in [6, 6.07) is 14.3. The van der Waals surface area contributed by atoms with Crippen molar-refractivity contribution < 1.29 is 9.21 Å². The number of hydrogen-bond acceptors (Lipinski definition) is 4. The molecule has 0 bridgehead atoms. The van der Waals surface area contributed by atoms with Crippen LogP contribution >= 0.6 is 22.9 Å². The van der Waals surface area contributed by atoms with Crippen LogP contribution in [0.1, 0.15) is 33.5 Å². The maximum absolute atomic E-state index is 12.9. The van der Waals surface area contributed by atoms with Gasteiger partial charge in [0.05, 0.1) is 16.9 Å². The second-order valence-corrected chi connectivity index (χ2v) is 6.80. The third kappa shape index (κ3) is 2.77. The summed E-state index contributed by atoms with van der Waals surface area (Å²) in [5.74, 6) is 0.533. The molecule has 1 aliphatic rings. The van der Waals surface area contributed by atoms with Gasteiger partial charge in [0.1, 0.15) is 11.8 Å². The SMILES string of the molecule is O=C(c1cccc(Cl)c1)N1N=C(c2cccs2)C[C@@H]1c1ccco1. The van der Waals surface area contributed by atoms with Gasteiger partial charge in [-0.2, -0.15) is 5.10 Å². The normalized spacial score (nSPS) is 17.1. The first-order valence-electron chi connectivity index (χ1n) is 7.46. The monoisotopic (exact) mass is 356 g/mol. The van der Waals surface area contributed by atoms with E-state index >= 15 is 0 Å². The Morgan fingerprint density at radius 2 is 2.17 bits per heavy atom. The molecule has 1 atom stereocenters. The van der Waals surface area contributed by atoms with E-state index in [9.17, 15) is 4.79 Å². The van der Waals surface area contributed by atoms with Crippen molar-refractivity contribution in [2.24, 2.45) is 5.10 Å². The summed E-state index contributed by atoms with van der Waals surface area (Å²) in [7, 11) is 0. The summed E-state index contributed by atoms with van der Waals surface area (Å²) in [6.07, 6.45) is 2.24. The van der Waals surface area contributed by atoms with E-state index in [4.69, 9.17) is 16.0 Å². The van der Waals surface area contributed by atoms with Gasteiger partial charge >= 0.3 is 0 Å². The van der Waals surface area contributed by atoms with Crippen LogP contribution in [-0.2, 0) is 0 Å². The van der Waals surface area contributed by atoms with Crippen LogP contribution < -0.4 is 0 Å². The average Bonchev–Trinajstić information content (AvgIpc) is 3.32. The van der Waals surface area contributed by atoms with E-state index in [1.165, 1.54) is 5.01 Å².